The van der Waals surface area contributed by atoms with Crippen molar-refractivity contribution >= 4 is 23.5 Å². The Hall–Kier alpha value is -4.49. The zero-order valence-corrected chi connectivity index (χ0v) is 22.8. The molecule has 3 aromatic heterocycles. The molecule has 14 heteroatoms. The van der Waals surface area contributed by atoms with Crippen LogP contribution in [0.5, 0.6) is 5.75 Å². The van der Waals surface area contributed by atoms with E-state index in [1.165, 1.54) is 23.0 Å². The van der Waals surface area contributed by atoms with Gasteiger partial charge in [0.05, 0.1) is 30.1 Å². The van der Waals surface area contributed by atoms with Gasteiger partial charge in [0, 0.05) is 37.0 Å². The van der Waals surface area contributed by atoms with Crippen LogP contribution in [0.3, 0.4) is 0 Å². The lowest BCUT2D eigenvalue weighted by Gasteiger charge is -2.28. The van der Waals surface area contributed by atoms with E-state index in [1.807, 2.05) is 0 Å². The molecule has 0 unspecified atom stereocenters. The highest BCUT2D eigenvalue weighted by molar-refractivity contribution is 6.00. The first-order valence-corrected chi connectivity index (χ1v) is 12.6. The first kappa shape index (κ1) is 28.1. The fourth-order valence-electron chi connectivity index (χ4n) is 4.64. The Balaban J connectivity index is 1.74. The number of imidazole rings is 1. The minimum absolute atomic E-state index is 0.0961. The highest BCUT2D eigenvalue weighted by atomic mass is 19.4. The molecule has 0 fully saturated rings. The van der Waals surface area contributed by atoms with Crippen molar-refractivity contribution in [1.82, 2.24) is 24.1 Å². The van der Waals surface area contributed by atoms with Crippen LogP contribution in [0.15, 0.2) is 30.6 Å². The number of benzene rings is 1. The number of Topliss-reactive ketones (excluding diaryl/α,β-unsaturated/α-hetero) is 1. The Morgan fingerprint density at radius 2 is 1.93 bits per heavy atom. The predicted molar refractivity (Wildman–Crippen MR) is 138 cm³/mol. The standard InChI is InChI=1S/C27H26F4N6O4/c1-14-10-20(35(5)34-14)16-11-32-24(36-13-19(33-23(16)36)22(38)27(29,30)31)37(25(39)41-26(2,3)4)12-17-15-8-9-40-21(15)7-6-18(17)28/h6-7,10-11,13H,8-9,12H2,1-5H3. The number of hydrogen-bond acceptors (Lipinski definition) is 7. The number of aryl methyl sites for hydroxylation is 2. The van der Waals surface area contributed by atoms with Crippen LogP contribution in [0.25, 0.3) is 16.9 Å². The summed E-state index contributed by atoms with van der Waals surface area (Å²) in [6.07, 6.45) is -3.59. The normalized spacial score (nSPS) is 13.3. The molecule has 0 saturated carbocycles. The van der Waals surface area contributed by atoms with Crippen molar-refractivity contribution in [3.8, 4) is 17.0 Å². The Labute approximate surface area is 231 Å². The third-order valence-electron chi connectivity index (χ3n) is 6.35. The molecule has 0 aliphatic carbocycles. The number of carbonyl (C=O) groups is 2. The summed E-state index contributed by atoms with van der Waals surface area (Å²) < 4.78 is 69.1. The minimum Gasteiger partial charge on any atom is -0.493 e. The highest BCUT2D eigenvalue weighted by Gasteiger charge is 2.41. The summed E-state index contributed by atoms with van der Waals surface area (Å²) in [6.45, 7) is 6.56. The Bertz CT molecular complexity index is 1690. The maximum absolute atomic E-state index is 15.2. The number of anilines is 1. The van der Waals surface area contributed by atoms with Crippen LogP contribution in [-0.4, -0.2) is 54.4 Å². The summed E-state index contributed by atoms with van der Waals surface area (Å²) in [5, 5.41) is 4.27. The van der Waals surface area contributed by atoms with E-state index in [9.17, 15) is 22.8 Å². The predicted octanol–water partition coefficient (Wildman–Crippen LogP) is 5.20. The summed E-state index contributed by atoms with van der Waals surface area (Å²) in [5.41, 5.74) is 0.0341. The molecule has 1 aromatic carbocycles. The van der Waals surface area contributed by atoms with Gasteiger partial charge in [0.25, 0.3) is 5.78 Å². The number of amides is 1. The van der Waals surface area contributed by atoms with Crippen molar-refractivity contribution in [2.24, 2.45) is 7.05 Å². The lowest BCUT2D eigenvalue weighted by atomic mass is 10.0. The maximum atomic E-state index is 15.2. The van der Waals surface area contributed by atoms with E-state index >= 15 is 4.39 Å². The second kappa shape index (κ2) is 9.85. The van der Waals surface area contributed by atoms with Crippen LogP contribution in [0.4, 0.5) is 28.3 Å². The third kappa shape index (κ3) is 5.33. The second-order valence-corrected chi connectivity index (χ2v) is 10.6. The summed E-state index contributed by atoms with van der Waals surface area (Å²) in [5.74, 6) is -2.56. The highest BCUT2D eigenvalue weighted by Crippen LogP contribution is 2.34. The molecule has 0 radical (unpaired) electrons. The molecular formula is C27H26F4N6O4. The number of alkyl halides is 3. The van der Waals surface area contributed by atoms with E-state index in [-0.39, 0.29) is 29.3 Å². The molecule has 0 atom stereocenters. The van der Waals surface area contributed by atoms with E-state index in [1.54, 1.807) is 40.8 Å². The monoisotopic (exact) mass is 574 g/mol. The number of ketones is 1. The Kier molecular flexibility index (Phi) is 6.74. The molecule has 5 rings (SSSR count). The molecule has 0 spiro atoms. The van der Waals surface area contributed by atoms with Crippen LogP contribution < -0.4 is 9.64 Å². The van der Waals surface area contributed by atoms with Crippen LogP contribution in [0.1, 0.15) is 48.1 Å². The SMILES string of the molecule is Cc1cc(-c2cnc(N(Cc3c(F)ccc4c3CCO4)C(=O)OC(C)(C)C)n3cc(C(=O)C(F)(F)F)nc23)n(C)n1. The van der Waals surface area contributed by atoms with Crippen molar-refractivity contribution < 1.29 is 36.6 Å². The van der Waals surface area contributed by atoms with Crippen molar-refractivity contribution in [2.75, 3.05) is 11.5 Å². The number of hydrogen-bond donors (Lipinski definition) is 0. The van der Waals surface area contributed by atoms with E-state index < -0.39 is 35.2 Å². The number of rotatable bonds is 5. The molecule has 4 aromatic rings. The molecule has 0 N–H and O–H groups in total. The fourth-order valence-corrected chi connectivity index (χ4v) is 4.64. The first-order valence-electron chi connectivity index (χ1n) is 12.6. The number of halogens is 4. The molecule has 1 aliphatic heterocycles. The number of nitrogens with zero attached hydrogens (tertiary/aromatic N) is 6. The van der Waals surface area contributed by atoms with E-state index in [0.717, 1.165) is 15.5 Å². The van der Waals surface area contributed by atoms with Gasteiger partial charge in [0.2, 0.25) is 5.95 Å². The summed E-state index contributed by atoms with van der Waals surface area (Å²) >= 11 is 0. The van der Waals surface area contributed by atoms with Crippen molar-refractivity contribution in [3.05, 3.63) is 58.9 Å². The van der Waals surface area contributed by atoms with Crippen LogP contribution in [-0.2, 0) is 24.8 Å². The van der Waals surface area contributed by atoms with Crippen LogP contribution in [0.2, 0.25) is 0 Å². The smallest absolute Gasteiger partial charge is 0.456 e. The van der Waals surface area contributed by atoms with Gasteiger partial charge in [-0.25, -0.2) is 24.1 Å². The lowest BCUT2D eigenvalue weighted by Crippen LogP contribution is -2.38. The minimum atomic E-state index is -5.20. The average molecular weight is 575 g/mol. The van der Waals surface area contributed by atoms with Gasteiger partial charge in [-0.3, -0.25) is 13.9 Å². The number of fused-ring (bicyclic) bond motifs is 2. The van der Waals surface area contributed by atoms with Crippen LogP contribution in [0, 0.1) is 12.7 Å². The van der Waals surface area contributed by atoms with Gasteiger partial charge >= 0.3 is 12.3 Å². The fraction of sp³-hybridized carbons (Fsp3) is 0.370. The molecule has 1 amide bonds. The quantitative estimate of drug-likeness (QED) is 0.238. The van der Waals surface area contributed by atoms with Gasteiger partial charge in [-0.2, -0.15) is 18.3 Å². The van der Waals surface area contributed by atoms with Gasteiger partial charge in [-0.1, -0.05) is 0 Å². The average Bonchev–Trinajstić information content (AvgIpc) is 3.59. The molecule has 216 valence electrons. The summed E-state index contributed by atoms with van der Waals surface area (Å²) in [6, 6.07) is 4.37. The van der Waals surface area contributed by atoms with Gasteiger partial charge in [0.15, 0.2) is 5.65 Å². The molecule has 10 nitrogen and oxygen atoms in total. The van der Waals surface area contributed by atoms with Gasteiger partial charge in [-0.05, 0) is 45.9 Å². The lowest BCUT2D eigenvalue weighted by molar-refractivity contribution is -0.0888. The summed E-state index contributed by atoms with van der Waals surface area (Å²) in [7, 11) is 1.63. The zero-order valence-electron chi connectivity index (χ0n) is 22.8. The van der Waals surface area contributed by atoms with Gasteiger partial charge < -0.3 is 9.47 Å². The van der Waals surface area contributed by atoms with Crippen molar-refractivity contribution in [1.29, 1.82) is 0 Å². The molecule has 1 aliphatic rings. The molecule has 4 heterocycles. The molecule has 41 heavy (non-hydrogen) atoms. The van der Waals surface area contributed by atoms with Gasteiger partial charge in [-0.15, -0.1) is 0 Å². The third-order valence-corrected chi connectivity index (χ3v) is 6.35. The Morgan fingerprint density at radius 3 is 2.56 bits per heavy atom. The molecular weight excluding hydrogens is 548 g/mol. The van der Waals surface area contributed by atoms with E-state index in [0.29, 0.717) is 35.7 Å². The van der Waals surface area contributed by atoms with Gasteiger partial charge in [0.1, 0.15) is 22.9 Å². The van der Waals surface area contributed by atoms with Crippen molar-refractivity contribution in [2.45, 2.75) is 52.4 Å². The molecule has 0 saturated heterocycles. The summed E-state index contributed by atoms with van der Waals surface area (Å²) in [4.78, 5) is 35.2. The largest absolute Gasteiger partial charge is 0.493 e. The van der Waals surface area contributed by atoms with Crippen LogP contribution >= 0.6 is 0 Å². The zero-order chi connectivity index (χ0) is 29.9. The van der Waals surface area contributed by atoms with Crippen molar-refractivity contribution in [3.63, 3.8) is 0 Å². The Morgan fingerprint density at radius 1 is 1.20 bits per heavy atom. The van der Waals surface area contributed by atoms with E-state index in [4.69, 9.17) is 9.47 Å². The number of carbonyl (C=O) groups excluding carboxylic acids is 2. The second-order valence-electron chi connectivity index (χ2n) is 10.6. The molecule has 0 bridgehead atoms. The topological polar surface area (TPSA) is 104 Å². The number of ether oxygens (including phenoxy) is 2. The number of aromatic nitrogens is 5. The first-order chi connectivity index (χ1) is 19.1. The van der Waals surface area contributed by atoms with E-state index in [2.05, 4.69) is 15.1 Å². The maximum Gasteiger partial charge on any atom is 0.456 e.